The number of benzene rings is 3. The van der Waals surface area contributed by atoms with Crippen molar-refractivity contribution in [2.24, 2.45) is 0 Å². The molecular weight excluding hydrogens is 393 g/mol. The fourth-order valence-electron chi connectivity index (χ4n) is 3.37. The molecule has 29 heavy (non-hydrogen) atoms. The summed E-state index contributed by atoms with van der Waals surface area (Å²) in [7, 11) is -3.65. The summed E-state index contributed by atoms with van der Waals surface area (Å²) in [5, 5.41) is 4.36. The lowest BCUT2D eigenvalue weighted by Crippen LogP contribution is -2.51. The van der Waals surface area contributed by atoms with E-state index in [9.17, 15) is 17.6 Å². The van der Waals surface area contributed by atoms with Crippen LogP contribution in [0.25, 0.3) is 10.8 Å². The Morgan fingerprint density at radius 2 is 1.52 bits per heavy atom. The van der Waals surface area contributed by atoms with E-state index in [1.165, 1.54) is 21.3 Å². The van der Waals surface area contributed by atoms with Gasteiger partial charge in [0, 0.05) is 26.2 Å². The monoisotopic (exact) mass is 413 g/mol. The number of rotatable bonds is 3. The van der Waals surface area contributed by atoms with Gasteiger partial charge in [0.15, 0.2) is 0 Å². The highest BCUT2D eigenvalue weighted by molar-refractivity contribution is 7.89. The topological polar surface area (TPSA) is 69.7 Å². The quantitative estimate of drug-likeness (QED) is 0.714. The minimum Gasteiger partial charge on any atom is -0.322 e. The first-order valence-electron chi connectivity index (χ1n) is 9.24. The zero-order valence-electron chi connectivity index (χ0n) is 15.6. The minimum atomic E-state index is -3.65. The summed E-state index contributed by atoms with van der Waals surface area (Å²) in [6, 6.07) is 18.1. The number of para-hydroxylation sites is 1. The smallest absolute Gasteiger partial charge is 0.322 e. The van der Waals surface area contributed by atoms with Crippen LogP contribution in [0.3, 0.4) is 0 Å². The number of nitrogens with zero attached hydrogens (tertiary/aromatic N) is 2. The molecule has 3 aromatic carbocycles. The number of urea groups is 1. The van der Waals surface area contributed by atoms with Gasteiger partial charge in [0.2, 0.25) is 10.0 Å². The van der Waals surface area contributed by atoms with Crippen molar-refractivity contribution < 1.29 is 17.6 Å². The van der Waals surface area contributed by atoms with Crippen molar-refractivity contribution in [3.8, 4) is 0 Å². The lowest BCUT2D eigenvalue weighted by molar-refractivity contribution is 0.184. The molecule has 1 fully saturated rings. The Labute approximate surface area is 168 Å². The molecule has 0 spiro atoms. The van der Waals surface area contributed by atoms with Gasteiger partial charge in [-0.2, -0.15) is 4.31 Å². The molecule has 0 saturated carbocycles. The van der Waals surface area contributed by atoms with Crippen molar-refractivity contribution in [2.45, 2.75) is 4.90 Å². The molecule has 0 unspecified atom stereocenters. The first-order valence-corrected chi connectivity index (χ1v) is 10.7. The van der Waals surface area contributed by atoms with Gasteiger partial charge in [0.05, 0.1) is 10.6 Å². The largest absolute Gasteiger partial charge is 0.322 e. The van der Waals surface area contributed by atoms with Crippen LogP contribution in [0, 0.1) is 5.82 Å². The molecule has 0 bridgehead atoms. The van der Waals surface area contributed by atoms with E-state index in [1.807, 2.05) is 24.3 Å². The number of fused-ring (bicyclic) bond motifs is 1. The molecule has 0 radical (unpaired) electrons. The molecule has 0 atom stereocenters. The van der Waals surface area contributed by atoms with E-state index in [0.29, 0.717) is 0 Å². The van der Waals surface area contributed by atoms with Crippen molar-refractivity contribution in [1.82, 2.24) is 9.21 Å². The van der Waals surface area contributed by atoms with E-state index < -0.39 is 21.9 Å². The lowest BCUT2D eigenvalue weighted by atomic mass is 10.1. The molecule has 1 heterocycles. The highest BCUT2D eigenvalue weighted by Gasteiger charge is 2.30. The van der Waals surface area contributed by atoms with E-state index in [-0.39, 0.29) is 36.8 Å². The Morgan fingerprint density at radius 1 is 0.862 bits per heavy atom. The molecule has 1 N–H and O–H groups in total. The number of nitrogens with one attached hydrogen (secondary N) is 1. The summed E-state index contributed by atoms with van der Waals surface area (Å²) < 4.78 is 41.1. The van der Waals surface area contributed by atoms with E-state index in [4.69, 9.17) is 0 Å². The summed E-state index contributed by atoms with van der Waals surface area (Å²) in [4.78, 5) is 14.1. The van der Waals surface area contributed by atoms with Crippen LogP contribution >= 0.6 is 0 Å². The van der Waals surface area contributed by atoms with Gasteiger partial charge >= 0.3 is 6.03 Å². The predicted octanol–water partition coefficient (Wildman–Crippen LogP) is 3.52. The minimum absolute atomic E-state index is 0.101. The van der Waals surface area contributed by atoms with Gasteiger partial charge in [0.25, 0.3) is 0 Å². The Balaban J connectivity index is 1.44. The molecule has 8 heteroatoms. The van der Waals surface area contributed by atoms with E-state index in [1.54, 1.807) is 30.3 Å². The molecule has 3 aromatic rings. The summed E-state index contributed by atoms with van der Waals surface area (Å²) in [5.41, 5.74) is 0.101. The third-order valence-corrected chi connectivity index (χ3v) is 6.89. The Kier molecular flexibility index (Phi) is 5.21. The zero-order valence-corrected chi connectivity index (χ0v) is 16.4. The molecule has 1 aliphatic heterocycles. The maximum Gasteiger partial charge on any atom is 0.322 e. The average Bonchev–Trinajstić information content (AvgIpc) is 2.75. The summed E-state index contributed by atoms with van der Waals surface area (Å²) in [5.74, 6) is -0.515. The molecule has 6 nitrogen and oxygen atoms in total. The first kappa shape index (κ1) is 19.4. The number of amides is 2. The first-order chi connectivity index (χ1) is 13.9. The summed E-state index contributed by atoms with van der Waals surface area (Å²) in [6.07, 6.45) is 0. The van der Waals surface area contributed by atoms with Gasteiger partial charge in [-0.25, -0.2) is 17.6 Å². The number of anilines is 1. The van der Waals surface area contributed by atoms with Crippen LogP contribution < -0.4 is 5.32 Å². The fourth-order valence-corrected chi connectivity index (χ4v) is 4.82. The molecule has 0 aliphatic carbocycles. The number of sulfonamides is 1. The van der Waals surface area contributed by atoms with Gasteiger partial charge in [-0.3, -0.25) is 0 Å². The predicted molar refractivity (Wildman–Crippen MR) is 110 cm³/mol. The second-order valence-corrected chi connectivity index (χ2v) is 8.75. The van der Waals surface area contributed by atoms with Crippen molar-refractivity contribution in [2.75, 3.05) is 31.5 Å². The number of carbonyl (C=O) groups excluding carboxylic acids is 1. The van der Waals surface area contributed by atoms with Crippen molar-refractivity contribution >= 4 is 32.5 Å². The Bertz CT molecular complexity index is 1160. The van der Waals surface area contributed by atoms with Gasteiger partial charge in [0.1, 0.15) is 5.82 Å². The Hall–Kier alpha value is -2.97. The number of carbonyl (C=O) groups is 1. The third kappa shape index (κ3) is 3.94. The van der Waals surface area contributed by atoms with Crippen LogP contribution in [0.5, 0.6) is 0 Å². The maximum atomic E-state index is 13.7. The second kappa shape index (κ2) is 7.81. The van der Waals surface area contributed by atoms with Gasteiger partial charge < -0.3 is 10.2 Å². The fraction of sp³-hybridized carbons (Fsp3) is 0.190. The van der Waals surface area contributed by atoms with Gasteiger partial charge in [-0.05, 0) is 35.0 Å². The lowest BCUT2D eigenvalue weighted by Gasteiger charge is -2.34. The zero-order chi connectivity index (χ0) is 20.4. The molecule has 2 amide bonds. The van der Waals surface area contributed by atoms with Crippen LogP contribution in [0.15, 0.2) is 71.6 Å². The SMILES string of the molecule is O=C(Nc1ccccc1F)N1CCN(S(=O)(=O)c2ccc3ccccc3c2)CC1. The van der Waals surface area contributed by atoms with E-state index >= 15 is 0 Å². The molecule has 0 aromatic heterocycles. The van der Waals surface area contributed by atoms with Crippen LogP contribution in [0.4, 0.5) is 14.9 Å². The molecule has 150 valence electrons. The van der Waals surface area contributed by atoms with Crippen molar-refractivity contribution in [1.29, 1.82) is 0 Å². The number of halogens is 1. The maximum absolute atomic E-state index is 13.7. The van der Waals surface area contributed by atoms with Gasteiger partial charge in [-0.1, -0.05) is 42.5 Å². The second-order valence-electron chi connectivity index (χ2n) is 6.81. The number of hydrogen-bond donors (Lipinski definition) is 1. The third-order valence-electron chi connectivity index (χ3n) is 5.00. The highest BCUT2D eigenvalue weighted by Crippen LogP contribution is 2.23. The van der Waals surface area contributed by atoms with E-state index in [2.05, 4.69) is 5.32 Å². The normalized spacial score (nSPS) is 15.4. The Morgan fingerprint density at radius 3 is 2.24 bits per heavy atom. The average molecular weight is 413 g/mol. The molecule has 4 rings (SSSR count). The van der Waals surface area contributed by atoms with Crippen LogP contribution in [-0.2, 0) is 10.0 Å². The molecule has 1 saturated heterocycles. The summed E-state index contributed by atoms with van der Waals surface area (Å²) >= 11 is 0. The van der Waals surface area contributed by atoms with Crippen molar-refractivity contribution in [3.05, 3.63) is 72.5 Å². The highest BCUT2D eigenvalue weighted by atomic mass is 32.2. The van der Waals surface area contributed by atoms with Crippen molar-refractivity contribution in [3.63, 3.8) is 0 Å². The van der Waals surface area contributed by atoms with Crippen LogP contribution in [0.2, 0.25) is 0 Å². The van der Waals surface area contributed by atoms with Crippen LogP contribution in [0.1, 0.15) is 0 Å². The van der Waals surface area contributed by atoms with Crippen LogP contribution in [-0.4, -0.2) is 49.8 Å². The van der Waals surface area contributed by atoms with E-state index in [0.717, 1.165) is 10.8 Å². The molecular formula is C21H20FN3O3S. The summed E-state index contributed by atoms with van der Waals surface area (Å²) in [6.45, 7) is 0.819. The standard InChI is InChI=1S/C21H20FN3O3S/c22-19-7-3-4-8-20(19)23-21(26)24-11-13-25(14-12-24)29(27,28)18-10-9-16-5-1-2-6-17(16)15-18/h1-10,15H,11-14H2,(H,23,26). The van der Waals surface area contributed by atoms with Gasteiger partial charge in [-0.15, -0.1) is 0 Å². The molecule has 1 aliphatic rings. The number of hydrogen-bond acceptors (Lipinski definition) is 3. The number of piperazine rings is 1.